The zero-order valence-electron chi connectivity index (χ0n) is 20.2. The first-order chi connectivity index (χ1) is 17.9. The first-order valence-electron chi connectivity index (χ1n) is 11.5. The molecule has 0 unspecified atom stereocenters. The van der Waals surface area contributed by atoms with Gasteiger partial charge in [0.25, 0.3) is 5.91 Å². The third-order valence-corrected chi connectivity index (χ3v) is 6.96. The number of aryl methyl sites for hydroxylation is 1. The number of thioether (sulfide) groups is 1. The van der Waals surface area contributed by atoms with Crippen LogP contribution >= 0.6 is 27.7 Å². The summed E-state index contributed by atoms with van der Waals surface area (Å²) < 4.78 is 12.0. The Morgan fingerprint density at radius 1 is 1.05 bits per heavy atom. The van der Waals surface area contributed by atoms with E-state index in [-0.39, 0.29) is 23.0 Å². The van der Waals surface area contributed by atoms with E-state index >= 15 is 0 Å². The molecule has 37 heavy (non-hydrogen) atoms. The summed E-state index contributed by atoms with van der Waals surface area (Å²) in [5.74, 6) is -0.964. The molecule has 1 heterocycles. The van der Waals surface area contributed by atoms with E-state index in [1.807, 2.05) is 67.6 Å². The molecule has 3 aromatic carbocycles. The Bertz CT molecular complexity index is 1430. The monoisotopic (exact) mass is 577 g/mol. The minimum absolute atomic E-state index is 0.0807. The Balaban J connectivity index is 1.70. The van der Waals surface area contributed by atoms with Gasteiger partial charge in [-0.15, -0.1) is 0 Å². The van der Waals surface area contributed by atoms with Gasteiger partial charge in [-0.1, -0.05) is 76.2 Å². The standard InChI is InChI=1S/C29H24BrNO5S/c1-3-35-29(34)25-26(32)24(37-28(25)31-27(33)22-12-8-7-9-18(22)2)16-20-15-21(30)13-14-23(20)36-17-19-10-5-4-6-11-19/h4-16,32H,3,17H2,1-2H3. The molecular formula is C29H24BrNO5S. The minimum atomic E-state index is -0.748. The van der Waals surface area contributed by atoms with Crippen LogP contribution in [0.15, 0.2) is 98.5 Å². The number of halogens is 1. The van der Waals surface area contributed by atoms with Crippen LogP contribution in [0.5, 0.6) is 5.75 Å². The fourth-order valence-electron chi connectivity index (χ4n) is 3.60. The topological polar surface area (TPSA) is 85.2 Å². The molecule has 0 fully saturated rings. The summed E-state index contributed by atoms with van der Waals surface area (Å²) in [7, 11) is 0. The van der Waals surface area contributed by atoms with Crippen LogP contribution < -0.4 is 4.74 Å². The van der Waals surface area contributed by atoms with Crippen LogP contribution in [0.2, 0.25) is 0 Å². The fraction of sp³-hybridized carbons (Fsp3) is 0.138. The maximum atomic E-state index is 12.9. The van der Waals surface area contributed by atoms with Crippen molar-refractivity contribution in [2.75, 3.05) is 6.61 Å². The molecule has 0 radical (unpaired) electrons. The largest absolute Gasteiger partial charge is 0.506 e. The van der Waals surface area contributed by atoms with E-state index in [4.69, 9.17) is 9.47 Å². The zero-order chi connectivity index (χ0) is 26.4. The van der Waals surface area contributed by atoms with Gasteiger partial charge in [-0.2, -0.15) is 0 Å². The highest BCUT2D eigenvalue weighted by molar-refractivity contribution is 9.10. The van der Waals surface area contributed by atoms with Gasteiger partial charge in [0, 0.05) is 15.6 Å². The number of amides is 1. The summed E-state index contributed by atoms with van der Waals surface area (Å²) in [5.41, 5.74) is 2.72. The highest BCUT2D eigenvalue weighted by Crippen LogP contribution is 2.40. The number of hydrogen-bond donors (Lipinski definition) is 1. The van der Waals surface area contributed by atoms with Crippen molar-refractivity contribution in [2.24, 2.45) is 4.99 Å². The molecule has 0 spiro atoms. The predicted octanol–water partition coefficient (Wildman–Crippen LogP) is 7.04. The molecule has 3 aromatic rings. The number of rotatable bonds is 7. The van der Waals surface area contributed by atoms with Gasteiger partial charge in [-0.3, -0.25) is 4.79 Å². The van der Waals surface area contributed by atoms with E-state index in [0.29, 0.717) is 28.4 Å². The second-order valence-electron chi connectivity index (χ2n) is 8.05. The lowest BCUT2D eigenvalue weighted by Gasteiger charge is -2.11. The number of nitrogens with zero attached hydrogens (tertiary/aromatic N) is 1. The summed E-state index contributed by atoms with van der Waals surface area (Å²) in [4.78, 5) is 30.2. The Morgan fingerprint density at radius 2 is 1.78 bits per heavy atom. The number of aliphatic hydroxyl groups excluding tert-OH is 1. The molecule has 1 aliphatic rings. The first-order valence-corrected chi connectivity index (χ1v) is 13.1. The van der Waals surface area contributed by atoms with Crippen molar-refractivity contribution in [1.29, 1.82) is 0 Å². The summed E-state index contributed by atoms with van der Waals surface area (Å²) in [5, 5.41) is 11.1. The third kappa shape index (κ3) is 6.39. The Labute approximate surface area is 227 Å². The molecule has 0 saturated carbocycles. The maximum Gasteiger partial charge on any atom is 0.344 e. The summed E-state index contributed by atoms with van der Waals surface area (Å²) in [6, 6.07) is 22.3. The molecule has 4 rings (SSSR count). The first kappa shape index (κ1) is 26.4. The van der Waals surface area contributed by atoms with Crippen molar-refractivity contribution < 1.29 is 24.2 Å². The number of hydrogen-bond acceptors (Lipinski definition) is 6. The Kier molecular flexibility index (Phi) is 8.63. The molecule has 6 nitrogen and oxygen atoms in total. The average molecular weight is 578 g/mol. The highest BCUT2D eigenvalue weighted by atomic mass is 79.9. The number of ether oxygens (including phenoxy) is 2. The second-order valence-corrected chi connectivity index (χ2v) is 9.99. The van der Waals surface area contributed by atoms with Gasteiger partial charge in [0.2, 0.25) is 0 Å². The zero-order valence-corrected chi connectivity index (χ0v) is 22.6. The van der Waals surface area contributed by atoms with Crippen LogP contribution in [0.1, 0.15) is 34.0 Å². The van der Waals surface area contributed by atoms with E-state index in [0.717, 1.165) is 27.4 Å². The molecule has 8 heteroatoms. The van der Waals surface area contributed by atoms with Gasteiger partial charge in [0.15, 0.2) is 0 Å². The Hall–Kier alpha value is -3.62. The molecule has 1 amide bonds. The third-order valence-electron chi connectivity index (χ3n) is 5.44. The fourth-order valence-corrected chi connectivity index (χ4v) is 4.98. The minimum Gasteiger partial charge on any atom is -0.506 e. The lowest BCUT2D eigenvalue weighted by atomic mass is 10.1. The van der Waals surface area contributed by atoms with Crippen molar-refractivity contribution in [3.05, 3.63) is 116 Å². The number of esters is 1. The molecule has 1 aliphatic heterocycles. The molecule has 188 valence electrons. The van der Waals surface area contributed by atoms with E-state index in [9.17, 15) is 14.7 Å². The van der Waals surface area contributed by atoms with Gasteiger partial charge < -0.3 is 14.6 Å². The van der Waals surface area contributed by atoms with Gasteiger partial charge in [0.05, 0.1) is 11.5 Å². The van der Waals surface area contributed by atoms with Crippen molar-refractivity contribution in [1.82, 2.24) is 0 Å². The number of carbonyl (C=O) groups is 2. The van der Waals surface area contributed by atoms with Crippen molar-refractivity contribution in [3.63, 3.8) is 0 Å². The van der Waals surface area contributed by atoms with Crippen molar-refractivity contribution >= 4 is 50.7 Å². The second kappa shape index (κ2) is 12.1. The van der Waals surface area contributed by atoms with E-state index < -0.39 is 11.9 Å². The predicted molar refractivity (Wildman–Crippen MR) is 150 cm³/mol. The van der Waals surface area contributed by atoms with Crippen LogP contribution in [0, 0.1) is 6.92 Å². The highest BCUT2D eigenvalue weighted by Gasteiger charge is 2.34. The normalized spacial score (nSPS) is 15.3. The lowest BCUT2D eigenvalue weighted by molar-refractivity contribution is -0.138. The van der Waals surface area contributed by atoms with E-state index in [1.165, 1.54) is 0 Å². The van der Waals surface area contributed by atoms with Gasteiger partial charge in [-0.05, 0) is 55.3 Å². The van der Waals surface area contributed by atoms with Gasteiger partial charge >= 0.3 is 5.97 Å². The number of carbonyl (C=O) groups excluding carboxylic acids is 2. The van der Waals surface area contributed by atoms with E-state index in [1.54, 1.807) is 25.1 Å². The van der Waals surface area contributed by atoms with Crippen LogP contribution in [0.25, 0.3) is 6.08 Å². The molecule has 0 aliphatic carbocycles. The average Bonchev–Trinajstić information content (AvgIpc) is 3.18. The van der Waals surface area contributed by atoms with Crippen LogP contribution in [-0.2, 0) is 16.1 Å². The van der Waals surface area contributed by atoms with Gasteiger partial charge in [-0.25, -0.2) is 9.79 Å². The van der Waals surface area contributed by atoms with E-state index in [2.05, 4.69) is 20.9 Å². The molecule has 0 aromatic heterocycles. The number of benzene rings is 3. The molecule has 1 N–H and O–H groups in total. The van der Waals surface area contributed by atoms with Crippen molar-refractivity contribution in [3.8, 4) is 5.75 Å². The maximum absolute atomic E-state index is 12.9. The quantitative estimate of drug-likeness (QED) is 0.303. The number of aliphatic imine (C=N–C) groups is 1. The van der Waals surface area contributed by atoms with Crippen LogP contribution in [-0.4, -0.2) is 28.6 Å². The Morgan fingerprint density at radius 3 is 2.51 bits per heavy atom. The number of aliphatic hydroxyl groups is 1. The smallest absolute Gasteiger partial charge is 0.344 e. The molecule has 0 bridgehead atoms. The van der Waals surface area contributed by atoms with Crippen molar-refractivity contribution in [2.45, 2.75) is 20.5 Å². The lowest BCUT2D eigenvalue weighted by Crippen LogP contribution is -2.14. The van der Waals surface area contributed by atoms with Gasteiger partial charge in [0.1, 0.15) is 28.7 Å². The summed E-state index contributed by atoms with van der Waals surface area (Å²) in [6.07, 6.45) is 1.70. The summed E-state index contributed by atoms with van der Waals surface area (Å²) in [6.45, 7) is 3.95. The molecule has 0 atom stereocenters. The summed E-state index contributed by atoms with van der Waals surface area (Å²) >= 11 is 4.51. The molecular weight excluding hydrogens is 554 g/mol. The molecule has 0 saturated heterocycles. The van der Waals surface area contributed by atoms with Crippen LogP contribution in [0.4, 0.5) is 0 Å². The SMILES string of the molecule is CCOC(=O)C1=C(O)C(=Cc2cc(Br)ccc2OCc2ccccc2)SC1=NC(=O)c1ccccc1C. The van der Waals surface area contributed by atoms with Crippen LogP contribution in [0.3, 0.4) is 0 Å².